The fourth-order valence-corrected chi connectivity index (χ4v) is 5.95. The number of benzene rings is 3. The highest BCUT2D eigenvalue weighted by Gasteiger charge is 2.34. The van der Waals surface area contributed by atoms with E-state index >= 15 is 0 Å². The zero-order chi connectivity index (χ0) is 29.6. The first-order chi connectivity index (χ1) is 18.8. The van der Waals surface area contributed by atoms with Crippen LogP contribution in [-0.4, -0.2) is 43.8 Å². The van der Waals surface area contributed by atoms with Crippen LogP contribution in [0.5, 0.6) is 0 Å². The van der Waals surface area contributed by atoms with Gasteiger partial charge in [0.15, 0.2) is 0 Å². The maximum atomic E-state index is 14.1. The zero-order valence-electron chi connectivity index (χ0n) is 23.9. The minimum Gasteiger partial charge on any atom is -0.352 e. The molecule has 0 spiro atoms. The molecule has 1 atom stereocenters. The van der Waals surface area contributed by atoms with Gasteiger partial charge in [-0.25, -0.2) is 8.42 Å². The topological polar surface area (TPSA) is 86.8 Å². The number of nitrogens with one attached hydrogen (secondary N) is 1. The van der Waals surface area contributed by atoms with Crippen LogP contribution >= 0.6 is 11.6 Å². The molecule has 3 rings (SSSR count). The number of sulfonamides is 1. The van der Waals surface area contributed by atoms with Gasteiger partial charge in [0.1, 0.15) is 12.6 Å². The Bertz CT molecular complexity index is 1460. The van der Waals surface area contributed by atoms with E-state index in [0.717, 1.165) is 26.6 Å². The second kappa shape index (κ2) is 13.3. The van der Waals surface area contributed by atoms with Crippen LogP contribution in [0.3, 0.4) is 0 Å². The minimum atomic E-state index is -4.16. The standard InChI is InChI=1S/C31H38ClN3O4S/c1-7-29(31(37)33-21(2)3)34(19-25-11-9-8-10-23(25)5)30(36)20-35(27-15-12-22(4)24(6)18-27)40(38,39)28-16-13-26(32)14-17-28/h8-18,21,29H,7,19-20H2,1-6H3,(H,33,37)/t29-/m1/s1. The Balaban J connectivity index is 2.10. The van der Waals surface area contributed by atoms with Crippen LogP contribution in [0.15, 0.2) is 71.6 Å². The molecule has 0 fully saturated rings. The summed E-state index contributed by atoms with van der Waals surface area (Å²) in [5, 5.41) is 3.31. The smallest absolute Gasteiger partial charge is 0.264 e. The molecule has 0 aliphatic heterocycles. The van der Waals surface area contributed by atoms with Crippen LogP contribution in [0, 0.1) is 20.8 Å². The molecule has 40 heavy (non-hydrogen) atoms. The third-order valence-electron chi connectivity index (χ3n) is 6.88. The number of hydrogen-bond donors (Lipinski definition) is 1. The fraction of sp³-hybridized carbons (Fsp3) is 0.355. The maximum Gasteiger partial charge on any atom is 0.264 e. The average molecular weight is 584 g/mol. The summed E-state index contributed by atoms with van der Waals surface area (Å²) in [6.45, 7) is 11.0. The Hall–Kier alpha value is -3.36. The van der Waals surface area contributed by atoms with Gasteiger partial charge in [-0.3, -0.25) is 13.9 Å². The van der Waals surface area contributed by atoms with Crippen molar-refractivity contribution in [1.82, 2.24) is 10.2 Å². The minimum absolute atomic E-state index is 0.0120. The van der Waals surface area contributed by atoms with Gasteiger partial charge in [-0.2, -0.15) is 0 Å². The highest BCUT2D eigenvalue weighted by molar-refractivity contribution is 7.92. The Labute approximate surface area is 243 Å². The first-order valence-corrected chi connectivity index (χ1v) is 15.2. The molecule has 3 aromatic carbocycles. The van der Waals surface area contributed by atoms with Crippen LogP contribution in [0.4, 0.5) is 5.69 Å². The Morgan fingerprint density at radius 2 is 1.55 bits per heavy atom. The summed E-state index contributed by atoms with van der Waals surface area (Å²) < 4.78 is 29.0. The van der Waals surface area contributed by atoms with Crippen molar-refractivity contribution >= 4 is 39.1 Å². The molecule has 9 heteroatoms. The Kier molecular flexibility index (Phi) is 10.4. The highest BCUT2D eigenvalue weighted by atomic mass is 35.5. The number of aryl methyl sites for hydroxylation is 3. The number of hydrogen-bond acceptors (Lipinski definition) is 4. The molecule has 0 heterocycles. The van der Waals surface area contributed by atoms with Gasteiger partial charge in [-0.1, -0.05) is 48.9 Å². The van der Waals surface area contributed by atoms with Gasteiger partial charge in [0, 0.05) is 17.6 Å². The predicted octanol–water partition coefficient (Wildman–Crippen LogP) is 5.79. The van der Waals surface area contributed by atoms with Gasteiger partial charge < -0.3 is 10.2 Å². The van der Waals surface area contributed by atoms with E-state index in [-0.39, 0.29) is 23.4 Å². The van der Waals surface area contributed by atoms with Gasteiger partial charge in [0.2, 0.25) is 11.8 Å². The second-order valence-electron chi connectivity index (χ2n) is 10.3. The lowest BCUT2D eigenvalue weighted by molar-refractivity contribution is -0.140. The largest absolute Gasteiger partial charge is 0.352 e. The van der Waals surface area contributed by atoms with Crippen molar-refractivity contribution in [1.29, 1.82) is 0 Å². The first kappa shape index (κ1) is 31.2. The van der Waals surface area contributed by atoms with E-state index in [1.807, 2.05) is 71.9 Å². The number of rotatable bonds is 11. The predicted molar refractivity (Wildman–Crippen MR) is 161 cm³/mol. The zero-order valence-corrected chi connectivity index (χ0v) is 25.5. The molecule has 0 aliphatic rings. The molecule has 0 saturated heterocycles. The molecule has 7 nitrogen and oxygen atoms in total. The molecular formula is C31H38ClN3O4S. The van der Waals surface area contributed by atoms with E-state index in [1.54, 1.807) is 12.1 Å². The van der Waals surface area contributed by atoms with Gasteiger partial charge in [0.25, 0.3) is 10.0 Å². The molecule has 2 amide bonds. The van der Waals surface area contributed by atoms with Gasteiger partial charge in [-0.05, 0) is 99.7 Å². The van der Waals surface area contributed by atoms with Crippen LogP contribution in [0.1, 0.15) is 49.4 Å². The number of halogens is 1. The van der Waals surface area contributed by atoms with Crippen molar-refractivity contribution in [2.24, 2.45) is 0 Å². The van der Waals surface area contributed by atoms with Gasteiger partial charge >= 0.3 is 0 Å². The number of carbonyl (C=O) groups is 2. The van der Waals surface area contributed by atoms with E-state index in [0.29, 0.717) is 17.1 Å². The lowest BCUT2D eigenvalue weighted by atomic mass is 10.1. The highest BCUT2D eigenvalue weighted by Crippen LogP contribution is 2.27. The number of anilines is 1. The van der Waals surface area contributed by atoms with Crippen LogP contribution in [-0.2, 0) is 26.2 Å². The summed E-state index contributed by atoms with van der Waals surface area (Å²) in [4.78, 5) is 28.9. The van der Waals surface area contributed by atoms with Crippen LogP contribution in [0.2, 0.25) is 5.02 Å². The van der Waals surface area contributed by atoms with Crippen molar-refractivity contribution in [2.75, 3.05) is 10.8 Å². The third kappa shape index (κ3) is 7.43. The Morgan fingerprint density at radius 3 is 2.12 bits per heavy atom. The normalized spacial score (nSPS) is 12.2. The average Bonchev–Trinajstić information content (AvgIpc) is 2.89. The number of carbonyl (C=O) groups excluding carboxylic acids is 2. The lowest BCUT2D eigenvalue weighted by Gasteiger charge is -2.34. The summed E-state index contributed by atoms with van der Waals surface area (Å²) in [6, 6.07) is 17.9. The lowest BCUT2D eigenvalue weighted by Crippen LogP contribution is -2.53. The molecule has 0 bridgehead atoms. The molecule has 214 valence electrons. The van der Waals surface area contributed by atoms with Crippen LogP contribution < -0.4 is 9.62 Å². The molecule has 0 saturated carbocycles. The summed E-state index contributed by atoms with van der Waals surface area (Å²) in [5.41, 5.74) is 4.10. The summed E-state index contributed by atoms with van der Waals surface area (Å²) >= 11 is 6.02. The monoisotopic (exact) mass is 583 g/mol. The number of nitrogens with zero attached hydrogens (tertiary/aromatic N) is 2. The van der Waals surface area contributed by atoms with Crippen molar-refractivity contribution in [2.45, 2.75) is 71.5 Å². The van der Waals surface area contributed by atoms with Crippen molar-refractivity contribution in [3.8, 4) is 0 Å². The van der Waals surface area contributed by atoms with E-state index in [9.17, 15) is 18.0 Å². The van der Waals surface area contributed by atoms with E-state index in [4.69, 9.17) is 11.6 Å². The van der Waals surface area contributed by atoms with E-state index in [2.05, 4.69) is 5.32 Å². The molecule has 0 aliphatic carbocycles. The second-order valence-corrected chi connectivity index (χ2v) is 12.6. The fourth-order valence-electron chi connectivity index (χ4n) is 4.41. The maximum absolute atomic E-state index is 14.1. The van der Waals surface area contributed by atoms with E-state index < -0.39 is 28.5 Å². The van der Waals surface area contributed by atoms with Crippen molar-refractivity contribution in [3.05, 3.63) is 94.0 Å². The Morgan fingerprint density at radius 1 is 0.900 bits per heavy atom. The molecule has 0 aromatic heterocycles. The van der Waals surface area contributed by atoms with Crippen LogP contribution in [0.25, 0.3) is 0 Å². The first-order valence-electron chi connectivity index (χ1n) is 13.3. The van der Waals surface area contributed by atoms with E-state index in [1.165, 1.54) is 29.2 Å². The molecule has 0 unspecified atom stereocenters. The number of amides is 2. The molecule has 1 N–H and O–H groups in total. The van der Waals surface area contributed by atoms with Crippen molar-refractivity contribution < 1.29 is 18.0 Å². The summed E-state index contributed by atoms with van der Waals surface area (Å²) in [5.74, 6) is -0.762. The quantitative estimate of drug-likeness (QED) is 0.309. The van der Waals surface area contributed by atoms with Crippen molar-refractivity contribution in [3.63, 3.8) is 0 Å². The molecule has 3 aromatic rings. The SMILES string of the molecule is CC[C@H](C(=O)NC(C)C)N(Cc1ccccc1C)C(=O)CN(c1ccc(C)c(C)c1)S(=O)(=O)c1ccc(Cl)cc1. The summed E-state index contributed by atoms with van der Waals surface area (Å²) in [7, 11) is -4.16. The molecular weight excluding hydrogens is 546 g/mol. The molecule has 0 radical (unpaired) electrons. The van der Waals surface area contributed by atoms with Gasteiger partial charge in [0.05, 0.1) is 10.6 Å². The third-order valence-corrected chi connectivity index (χ3v) is 8.92. The van der Waals surface area contributed by atoms with Gasteiger partial charge in [-0.15, -0.1) is 0 Å². The summed E-state index contributed by atoms with van der Waals surface area (Å²) in [6.07, 6.45) is 0.365.